The molecule has 0 aromatic heterocycles. The van der Waals surface area contributed by atoms with Gasteiger partial charge in [-0.1, -0.05) is 39.8 Å². The molecule has 0 aromatic carbocycles. The number of ether oxygens (including phenoxy) is 6. The fourth-order valence-corrected chi connectivity index (χ4v) is 20.1. The molecule has 0 heterocycles. The largest absolute Gasteiger partial charge is 0.509 e. The first-order valence-electron chi connectivity index (χ1n) is 29.4. The van der Waals surface area contributed by atoms with E-state index in [9.17, 15) is 39.0 Å². The highest BCUT2D eigenvalue weighted by molar-refractivity contribution is 6.02. The minimum absolute atomic E-state index is 0.00262. The Bertz CT molecular complexity index is 2750. The lowest BCUT2D eigenvalue weighted by atomic mass is 9.44. The number of nitriles is 2. The van der Waals surface area contributed by atoms with Gasteiger partial charge in [-0.25, -0.2) is 36.7 Å². The van der Waals surface area contributed by atoms with Gasteiger partial charge in [0.1, 0.15) is 36.7 Å². The van der Waals surface area contributed by atoms with Gasteiger partial charge in [-0.2, -0.15) is 10.5 Å². The van der Waals surface area contributed by atoms with E-state index < -0.39 is 153 Å². The van der Waals surface area contributed by atoms with Crippen LogP contribution in [0.4, 0.5) is 27.2 Å². The number of allylic oxidation sites excluding steroid dienone is 8. The molecule has 10 fully saturated rings. The number of halogens is 4. The Kier molecular flexibility index (Phi) is 14.2. The number of esters is 2. The Balaban J connectivity index is 0.000000172. The molecule has 20 heteroatoms. The second-order valence-electron chi connectivity index (χ2n) is 27.3. The van der Waals surface area contributed by atoms with E-state index in [1.807, 2.05) is 0 Å². The van der Waals surface area contributed by atoms with Crippen LogP contribution >= 0.6 is 0 Å². The monoisotopic (exact) mass is 1150 g/mol. The average Bonchev–Trinajstić information content (AvgIpc) is 1.82. The van der Waals surface area contributed by atoms with Gasteiger partial charge in [0.25, 0.3) is 0 Å². The third-order valence-electron chi connectivity index (χ3n) is 23.8. The Labute approximate surface area is 474 Å². The van der Waals surface area contributed by atoms with Crippen LogP contribution in [0.1, 0.15) is 131 Å². The standard InChI is InChI=1S/2C31H37F2NO7/c2*1-16-10-20-21-14-23(32)22-13-19(35)6-7-28(22,2)30(21,33)25(36)15-29(20,3)31(16,26(37)39-9-8-34)41-27(38)40-24-12-17-4-5-18(24)11-17/h2*6-7,13,16-18,20-21,23-25,36H,4-5,9-12,14-15H2,1-3H3/t16-,17+,18-,20+,21+,23+,24-,25+,28+,29+,30+,31+;16-,17-,18+,20+,21+,23+,24+,25+,28+,29+,30+,31+/m11/s1. The SMILES string of the molecule is C[C@@H]1C[C@H]2[C@@H]3C[C@H](F)C4=CC(=O)C=C[C@]4(C)[C@@]3(F)[C@@H](O)C[C@]2(C)[C@@]1(OC(=O)O[C@@H]1C[C@H]2CC[C@@H]1C2)C(=O)OCC#N.C[C@@H]1C[C@H]2[C@@H]3C[C@H](F)C4=CC(=O)C=C[C@]4(C)[C@@]3(F)[C@@H](O)C[C@]2(C)[C@@]1(OC(=O)O[C@H]1C[C@@H]2CC[C@H]1C2)C(=O)OCC#N. The van der Waals surface area contributed by atoms with E-state index in [0.29, 0.717) is 11.8 Å². The van der Waals surface area contributed by atoms with Crippen molar-refractivity contribution in [2.45, 2.75) is 191 Å². The average molecular weight is 1150 g/mol. The van der Waals surface area contributed by atoms with Gasteiger partial charge in [0.05, 0.1) is 12.2 Å². The van der Waals surface area contributed by atoms with Crippen molar-refractivity contribution in [1.29, 1.82) is 10.5 Å². The summed E-state index contributed by atoms with van der Waals surface area (Å²) in [5, 5.41) is 41.5. The number of carbonyl (C=O) groups is 6. The molecule has 12 rings (SSSR count). The smallest absolute Gasteiger partial charge is 0.447 e. The highest BCUT2D eigenvalue weighted by Gasteiger charge is 2.81. The Morgan fingerprint density at radius 1 is 0.585 bits per heavy atom. The first-order valence-corrected chi connectivity index (χ1v) is 29.4. The number of ketones is 2. The van der Waals surface area contributed by atoms with E-state index in [1.54, 1.807) is 39.8 Å². The number of aliphatic hydroxyl groups excluding tert-OH is 2. The molecule has 12 aliphatic rings. The number of rotatable bonds is 8. The van der Waals surface area contributed by atoms with Crippen molar-refractivity contribution in [2.24, 2.45) is 80.8 Å². The zero-order chi connectivity index (χ0) is 59.1. The van der Waals surface area contributed by atoms with Crippen molar-refractivity contribution < 1.29 is 85.0 Å². The topological polar surface area (TPSA) is 246 Å². The molecule has 2 N–H and O–H groups in total. The van der Waals surface area contributed by atoms with Crippen LogP contribution in [0.3, 0.4) is 0 Å². The number of nitrogens with zero attached hydrogens (tertiary/aromatic N) is 2. The lowest BCUT2D eigenvalue weighted by Gasteiger charge is -2.62. The predicted octanol–water partition coefficient (Wildman–Crippen LogP) is 9.40. The summed E-state index contributed by atoms with van der Waals surface area (Å²) in [6.07, 6.45) is 4.72. The molecule has 444 valence electrons. The van der Waals surface area contributed by atoms with Gasteiger partial charge in [0, 0.05) is 45.3 Å². The van der Waals surface area contributed by atoms with Gasteiger partial charge in [-0.3, -0.25) is 9.59 Å². The van der Waals surface area contributed by atoms with Crippen LogP contribution < -0.4 is 0 Å². The maximum absolute atomic E-state index is 17.5. The Hall–Kier alpha value is -5.60. The van der Waals surface area contributed by atoms with Crippen LogP contribution in [0.5, 0.6) is 0 Å². The minimum Gasteiger partial charge on any atom is -0.447 e. The summed E-state index contributed by atoms with van der Waals surface area (Å²) >= 11 is 0. The molecule has 0 amide bonds. The van der Waals surface area contributed by atoms with E-state index in [0.717, 1.165) is 63.5 Å². The molecule has 0 aliphatic heterocycles. The maximum atomic E-state index is 17.5. The number of carbonyl (C=O) groups excluding carboxylic acids is 6. The van der Waals surface area contributed by atoms with Crippen LogP contribution in [0.25, 0.3) is 0 Å². The molecule has 82 heavy (non-hydrogen) atoms. The molecule has 0 saturated heterocycles. The summed E-state index contributed by atoms with van der Waals surface area (Å²) < 4.78 is 101. The summed E-state index contributed by atoms with van der Waals surface area (Å²) in [5.41, 5.74) is -14.6. The van der Waals surface area contributed by atoms with Gasteiger partial charge in [0.2, 0.25) is 11.2 Å². The second-order valence-corrected chi connectivity index (χ2v) is 27.3. The Morgan fingerprint density at radius 3 is 1.29 bits per heavy atom. The number of alkyl halides is 4. The van der Waals surface area contributed by atoms with E-state index in [4.69, 9.17) is 38.9 Å². The third kappa shape index (κ3) is 7.96. The van der Waals surface area contributed by atoms with Crippen LogP contribution in [0.2, 0.25) is 0 Å². The summed E-state index contributed by atoms with van der Waals surface area (Å²) in [4.78, 5) is 78.6. The highest BCUT2D eigenvalue weighted by Crippen LogP contribution is 2.74. The summed E-state index contributed by atoms with van der Waals surface area (Å²) in [5.74, 6) is -6.26. The molecule has 16 nitrogen and oxygen atoms in total. The van der Waals surface area contributed by atoms with Crippen molar-refractivity contribution in [1.82, 2.24) is 0 Å². The van der Waals surface area contributed by atoms with Gasteiger partial charge >= 0.3 is 24.2 Å². The van der Waals surface area contributed by atoms with Gasteiger partial charge < -0.3 is 38.6 Å². The number of hydrogen-bond donors (Lipinski definition) is 2. The zero-order valence-corrected chi connectivity index (χ0v) is 47.2. The fourth-order valence-electron chi connectivity index (χ4n) is 20.1. The molecule has 0 radical (unpaired) electrons. The van der Waals surface area contributed by atoms with Crippen molar-refractivity contribution in [3.63, 3.8) is 0 Å². The summed E-state index contributed by atoms with van der Waals surface area (Å²) in [6.45, 7) is 8.52. The van der Waals surface area contributed by atoms with Crippen molar-refractivity contribution >= 4 is 35.8 Å². The molecule has 10 saturated carbocycles. The third-order valence-corrected chi connectivity index (χ3v) is 23.8. The molecule has 0 aromatic rings. The van der Waals surface area contributed by atoms with E-state index in [1.165, 1.54) is 38.2 Å². The minimum atomic E-state index is -2.35. The first kappa shape index (κ1) is 58.2. The van der Waals surface area contributed by atoms with E-state index in [2.05, 4.69) is 0 Å². The Morgan fingerprint density at radius 2 is 0.963 bits per heavy atom. The first-order chi connectivity index (χ1) is 38.6. The second kappa shape index (κ2) is 20.0. The lowest BCUT2D eigenvalue weighted by molar-refractivity contribution is -0.234. The fraction of sp³-hybridized carbons (Fsp3) is 0.742. The summed E-state index contributed by atoms with van der Waals surface area (Å²) in [7, 11) is 0. The van der Waals surface area contributed by atoms with Crippen LogP contribution in [0, 0.1) is 104 Å². The molecule has 24 atom stereocenters. The number of aliphatic hydroxyl groups is 2. The number of fused-ring (bicyclic) bond motifs is 14. The van der Waals surface area contributed by atoms with Gasteiger partial charge in [0.15, 0.2) is 36.1 Å². The molecule has 0 spiro atoms. The van der Waals surface area contributed by atoms with Gasteiger partial charge in [-0.05, 0) is 175 Å². The zero-order valence-electron chi connectivity index (χ0n) is 47.2. The van der Waals surface area contributed by atoms with Crippen molar-refractivity contribution in [3.05, 3.63) is 47.6 Å². The van der Waals surface area contributed by atoms with Crippen LogP contribution in [-0.4, -0.2) is 119 Å². The predicted molar refractivity (Wildman–Crippen MR) is 279 cm³/mol. The molecule has 12 aliphatic carbocycles. The van der Waals surface area contributed by atoms with Crippen molar-refractivity contribution in [2.75, 3.05) is 13.2 Å². The molecular weight excluding hydrogens is 1070 g/mol. The summed E-state index contributed by atoms with van der Waals surface area (Å²) in [6, 6.07) is 3.52. The maximum Gasteiger partial charge on any atom is 0.509 e. The normalized spacial score (nSPS) is 49.3. The lowest BCUT2D eigenvalue weighted by Crippen LogP contribution is -2.71. The quantitative estimate of drug-likeness (QED) is 0.131. The molecule has 4 bridgehead atoms. The van der Waals surface area contributed by atoms with E-state index in [-0.39, 0.29) is 73.7 Å². The van der Waals surface area contributed by atoms with E-state index >= 15 is 17.6 Å². The van der Waals surface area contributed by atoms with Crippen LogP contribution in [-0.2, 0) is 47.6 Å². The number of hydrogen-bond acceptors (Lipinski definition) is 16. The molecular formula is C62H74F4N2O14. The van der Waals surface area contributed by atoms with Crippen molar-refractivity contribution in [3.8, 4) is 12.1 Å². The van der Waals surface area contributed by atoms with Gasteiger partial charge in [-0.15, -0.1) is 0 Å². The molecule has 0 unspecified atom stereocenters. The highest BCUT2D eigenvalue weighted by atomic mass is 19.2. The van der Waals surface area contributed by atoms with Crippen LogP contribution in [0.15, 0.2) is 47.6 Å².